The summed E-state index contributed by atoms with van der Waals surface area (Å²) in [5, 5.41) is 8.69. The molecule has 2 rings (SSSR count). The molecule has 1 N–H and O–H groups in total. The minimum Gasteiger partial charge on any atom is -0.457 e. The number of likely N-dealkylation sites (tertiary alicyclic amines) is 1. The highest BCUT2D eigenvalue weighted by Crippen LogP contribution is 2.22. The summed E-state index contributed by atoms with van der Waals surface area (Å²) >= 11 is 3.21. The Balaban J connectivity index is 1.86. The largest absolute Gasteiger partial charge is 0.457 e. The molecule has 1 aromatic rings. The molecule has 1 amide bonds. The molecule has 6 heteroatoms. The van der Waals surface area contributed by atoms with Gasteiger partial charge in [0.2, 0.25) is 0 Å². The smallest absolute Gasteiger partial charge is 0.258 e. The Hall–Kier alpha value is -0.850. The molecule has 1 aliphatic rings. The number of carbonyl (C=O) groups is 1. The Morgan fingerprint density at radius 3 is 2.83 bits per heavy atom. The number of halogens is 1. The van der Waals surface area contributed by atoms with E-state index in [0.717, 1.165) is 12.8 Å². The number of ether oxygens (including phenoxy) is 1. The normalized spacial score (nSPS) is 17.1. The lowest BCUT2D eigenvalue weighted by molar-refractivity contribution is -0.00557. The second-order valence-electron chi connectivity index (χ2n) is 4.19. The van der Waals surface area contributed by atoms with Gasteiger partial charge in [-0.1, -0.05) is 0 Å². The monoisotopic (exact) mass is 317 g/mol. The van der Waals surface area contributed by atoms with E-state index in [2.05, 4.69) is 15.9 Å². The van der Waals surface area contributed by atoms with Crippen LogP contribution in [-0.2, 0) is 4.74 Å². The summed E-state index contributed by atoms with van der Waals surface area (Å²) in [5.41, 5.74) is 0.560. The van der Waals surface area contributed by atoms with Crippen LogP contribution in [0.4, 0.5) is 0 Å². The van der Waals surface area contributed by atoms with E-state index in [1.807, 2.05) is 0 Å². The molecular weight excluding hydrogens is 302 g/mol. The molecule has 0 saturated carbocycles. The third-order valence-electron chi connectivity index (χ3n) is 3.02. The Morgan fingerprint density at radius 1 is 1.56 bits per heavy atom. The van der Waals surface area contributed by atoms with Crippen molar-refractivity contribution in [1.82, 2.24) is 4.90 Å². The lowest BCUT2D eigenvalue weighted by atomic mass is 10.1. The molecule has 2 heterocycles. The highest BCUT2D eigenvalue weighted by molar-refractivity contribution is 9.10. The quantitative estimate of drug-likeness (QED) is 0.917. The lowest BCUT2D eigenvalue weighted by Gasteiger charge is -2.31. The van der Waals surface area contributed by atoms with Gasteiger partial charge in [-0.25, -0.2) is 0 Å². The number of hydrogen-bond donors (Lipinski definition) is 1. The second kappa shape index (κ2) is 6.36. The van der Waals surface area contributed by atoms with Crippen molar-refractivity contribution in [2.75, 3.05) is 26.3 Å². The summed E-state index contributed by atoms with van der Waals surface area (Å²) in [4.78, 5) is 14.0. The summed E-state index contributed by atoms with van der Waals surface area (Å²) in [6.45, 7) is 1.76. The van der Waals surface area contributed by atoms with Gasteiger partial charge in [-0.15, -0.1) is 0 Å². The molecule has 5 nitrogen and oxygen atoms in total. The van der Waals surface area contributed by atoms with Crippen LogP contribution in [-0.4, -0.2) is 48.3 Å². The highest BCUT2D eigenvalue weighted by Gasteiger charge is 2.25. The predicted octanol–water partition coefficient (Wildman–Crippen LogP) is 1.66. The molecule has 100 valence electrons. The fraction of sp³-hybridized carbons (Fsp3) is 0.583. The number of carbonyl (C=O) groups excluding carboxylic acids is 1. The first-order chi connectivity index (χ1) is 8.72. The van der Waals surface area contributed by atoms with Crippen LogP contribution in [0, 0.1) is 0 Å². The molecule has 18 heavy (non-hydrogen) atoms. The van der Waals surface area contributed by atoms with Gasteiger partial charge in [0.05, 0.1) is 31.1 Å². The SMILES string of the molecule is O=C(c1ccoc1Br)N1CCC(OCCO)CC1. The molecule has 1 saturated heterocycles. The molecule has 0 radical (unpaired) electrons. The summed E-state index contributed by atoms with van der Waals surface area (Å²) in [7, 11) is 0. The van der Waals surface area contributed by atoms with Gasteiger partial charge in [0, 0.05) is 13.1 Å². The Morgan fingerprint density at radius 2 is 2.28 bits per heavy atom. The van der Waals surface area contributed by atoms with Gasteiger partial charge in [-0.3, -0.25) is 4.79 Å². The topological polar surface area (TPSA) is 62.9 Å². The number of aliphatic hydroxyl groups excluding tert-OH is 1. The molecule has 0 aromatic carbocycles. The molecule has 1 fully saturated rings. The minimum atomic E-state index is -0.0174. The van der Waals surface area contributed by atoms with Crippen LogP contribution < -0.4 is 0 Å². The summed E-state index contributed by atoms with van der Waals surface area (Å²) in [5.74, 6) is -0.0174. The number of aliphatic hydroxyl groups is 1. The molecule has 0 aliphatic carbocycles. The van der Waals surface area contributed by atoms with Crippen LogP contribution in [0.15, 0.2) is 21.4 Å². The first-order valence-corrected chi connectivity index (χ1v) is 6.76. The third kappa shape index (κ3) is 3.13. The Bertz CT molecular complexity index is 399. The maximum atomic E-state index is 12.2. The van der Waals surface area contributed by atoms with E-state index in [9.17, 15) is 4.79 Å². The van der Waals surface area contributed by atoms with E-state index in [1.165, 1.54) is 6.26 Å². The van der Waals surface area contributed by atoms with Crippen molar-refractivity contribution in [3.63, 3.8) is 0 Å². The lowest BCUT2D eigenvalue weighted by Crippen LogP contribution is -2.41. The van der Waals surface area contributed by atoms with Crippen LogP contribution >= 0.6 is 15.9 Å². The van der Waals surface area contributed by atoms with Crippen LogP contribution in [0.25, 0.3) is 0 Å². The van der Waals surface area contributed by atoms with Gasteiger partial charge >= 0.3 is 0 Å². The van der Waals surface area contributed by atoms with Gasteiger partial charge in [-0.05, 0) is 34.8 Å². The number of hydrogen-bond acceptors (Lipinski definition) is 4. The molecule has 1 aromatic heterocycles. The van der Waals surface area contributed by atoms with Crippen molar-refractivity contribution in [1.29, 1.82) is 0 Å². The number of piperidine rings is 1. The van der Waals surface area contributed by atoms with Crippen molar-refractivity contribution in [2.24, 2.45) is 0 Å². The van der Waals surface area contributed by atoms with Crippen LogP contribution in [0.3, 0.4) is 0 Å². The summed E-state index contributed by atoms with van der Waals surface area (Å²) in [6.07, 6.45) is 3.26. The number of nitrogens with zero attached hydrogens (tertiary/aromatic N) is 1. The minimum absolute atomic E-state index is 0.0174. The summed E-state index contributed by atoms with van der Waals surface area (Å²) in [6, 6.07) is 1.67. The second-order valence-corrected chi connectivity index (χ2v) is 4.91. The Labute approximate surface area is 114 Å². The first kappa shape index (κ1) is 13.6. The van der Waals surface area contributed by atoms with E-state index in [1.54, 1.807) is 11.0 Å². The summed E-state index contributed by atoms with van der Waals surface area (Å²) < 4.78 is 11.0. The van der Waals surface area contributed by atoms with Crippen molar-refractivity contribution in [3.05, 3.63) is 22.6 Å². The van der Waals surface area contributed by atoms with E-state index in [4.69, 9.17) is 14.3 Å². The van der Waals surface area contributed by atoms with Crippen LogP contribution in [0.5, 0.6) is 0 Å². The maximum Gasteiger partial charge on any atom is 0.258 e. The average molecular weight is 318 g/mol. The van der Waals surface area contributed by atoms with Crippen molar-refractivity contribution >= 4 is 21.8 Å². The zero-order chi connectivity index (χ0) is 13.0. The predicted molar refractivity (Wildman–Crippen MR) is 68.4 cm³/mol. The molecule has 0 atom stereocenters. The van der Waals surface area contributed by atoms with Crippen molar-refractivity contribution in [2.45, 2.75) is 18.9 Å². The first-order valence-electron chi connectivity index (χ1n) is 5.97. The zero-order valence-electron chi connectivity index (χ0n) is 9.97. The third-order valence-corrected chi connectivity index (χ3v) is 3.64. The van der Waals surface area contributed by atoms with Gasteiger partial charge in [-0.2, -0.15) is 0 Å². The fourth-order valence-electron chi connectivity index (χ4n) is 2.06. The highest BCUT2D eigenvalue weighted by atomic mass is 79.9. The Kier molecular flexibility index (Phi) is 4.79. The maximum absolute atomic E-state index is 12.2. The van der Waals surface area contributed by atoms with Gasteiger partial charge < -0.3 is 19.2 Å². The van der Waals surface area contributed by atoms with E-state index < -0.39 is 0 Å². The molecule has 0 bridgehead atoms. The van der Waals surface area contributed by atoms with Crippen molar-refractivity contribution < 1.29 is 19.1 Å². The van der Waals surface area contributed by atoms with Crippen LogP contribution in [0.1, 0.15) is 23.2 Å². The zero-order valence-corrected chi connectivity index (χ0v) is 11.6. The standard InChI is InChI=1S/C12H16BrNO4/c13-11-10(3-7-18-11)12(16)14-4-1-9(2-5-14)17-8-6-15/h3,7,9,15H,1-2,4-6,8H2. The van der Waals surface area contributed by atoms with Crippen molar-refractivity contribution in [3.8, 4) is 0 Å². The van der Waals surface area contributed by atoms with Gasteiger partial charge in [0.15, 0.2) is 4.67 Å². The van der Waals surface area contributed by atoms with E-state index in [-0.39, 0.29) is 18.6 Å². The molecule has 0 spiro atoms. The van der Waals surface area contributed by atoms with E-state index in [0.29, 0.717) is 29.9 Å². The van der Waals surface area contributed by atoms with Gasteiger partial charge in [0.1, 0.15) is 0 Å². The molecular formula is C12H16BrNO4. The van der Waals surface area contributed by atoms with E-state index >= 15 is 0 Å². The molecule has 1 aliphatic heterocycles. The average Bonchev–Trinajstić information content (AvgIpc) is 2.82. The van der Waals surface area contributed by atoms with Gasteiger partial charge in [0.25, 0.3) is 5.91 Å². The molecule has 0 unspecified atom stereocenters. The number of rotatable bonds is 4. The van der Waals surface area contributed by atoms with Crippen LogP contribution in [0.2, 0.25) is 0 Å². The fourth-order valence-corrected chi connectivity index (χ4v) is 2.47. The number of amides is 1. The number of furan rings is 1.